The molecule has 0 aromatic rings. The number of hydrogen-bond donors (Lipinski definition) is 2. The third-order valence-electron chi connectivity index (χ3n) is 1.69. The predicted molar refractivity (Wildman–Crippen MR) is 47.9 cm³/mol. The van der Waals surface area contributed by atoms with Crippen molar-refractivity contribution < 1.29 is 14.7 Å². The van der Waals surface area contributed by atoms with Gasteiger partial charge in [-0.05, 0) is 6.42 Å². The number of nitrogens with two attached hydrogens (primary N) is 1. The van der Waals surface area contributed by atoms with E-state index in [1.165, 1.54) is 0 Å². The van der Waals surface area contributed by atoms with Crippen LogP contribution >= 0.6 is 0 Å². The highest BCUT2D eigenvalue weighted by molar-refractivity contribution is 5.94. The largest absolute Gasteiger partial charge is 0.387 e. The van der Waals surface area contributed by atoms with E-state index in [2.05, 4.69) is 0 Å². The van der Waals surface area contributed by atoms with Crippen molar-refractivity contribution in [1.82, 2.24) is 4.90 Å². The Hall–Kier alpha value is -1.10. The van der Waals surface area contributed by atoms with Gasteiger partial charge in [0.15, 0.2) is 0 Å². The fourth-order valence-electron chi connectivity index (χ4n) is 0.963. The van der Waals surface area contributed by atoms with Crippen LogP contribution in [0.3, 0.4) is 0 Å². The van der Waals surface area contributed by atoms with Gasteiger partial charge in [-0.3, -0.25) is 9.69 Å². The molecule has 0 rings (SSSR count). The molecular weight excluding hydrogens is 172 g/mol. The smallest absolute Gasteiger partial charge is 0.321 e. The van der Waals surface area contributed by atoms with Crippen LogP contribution in [0, 0.1) is 0 Å². The summed E-state index contributed by atoms with van der Waals surface area (Å²) in [5.74, 6) is -0.636. The molecule has 0 aliphatic carbocycles. The van der Waals surface area contributed by atoms with E-state index in [0.29, 0.717) is 6.54 Å². The van der Waals surface area contributed by atoms with Crippen LogP contribution in [0.4, 0.5) is 4.79 Å². The van der Waals surface area contributed by atoms with Crippen LogP contribution in [0.2, 0.25) is 0 Å². The topological polar surface area (TPSA) is 83.6 Å². The number of imide groups is 1. The van der Waals surface area contributed by atoms with E-state index < -0.39 is 18.5 Å². The van der Waals surface area contributed by atoms with Crippen molar-refractivity contribution in [2.24, 2.45) is 5.73 Å². The van der Waals surface area contributed by atoms with Crippen molar-refractivity contribution in [3.05, 3.63) is 0 Å². The Morgan fingerprint density at radius 2 is 2.00 bits per heavy atom. The molecule has 0 saturated carbocycles. The molecule has 0 heterocycles. The molecule has 76 valence electrons. The summed E-state index contributed by atoms with van der Waals surface area (Å²) in [7, 11) is 0. The van der Waals surface area contributed by atoms with Crippen molar-refractivity contribution >= 4 is 11.9 Å². The third-order valence-corrected chi connectivity index (χ3v) is 1.69. The Morgan fingerprint density at radius 3 is 2.38 bits per heavy atom. The molecule has 3 N–H and O–H groups in total. The quantitative estimate of drug-likeness (QED) is 0.599. The monoisotopic (exact) mass is 188 g/mol. The van der Waals surface area contributed by atoms with E-state index in [1.54, 1.807) is 0 Å². The summed E-state index contributed by atoms with van der Waals surface area (Å²) in [4.78, 5) is 22.5. The second kappa shape index (κ2) is 6.42. The van der Waals surface area contributed by atoms with E-state index in [9.17, 15) is 9.59 Å². The highest BCUT2D eigenvalue weighted by Crippen LogP contribution is 1.98. The molecule has 0 aromatic carbocycles. The maximum Gasteiger partial charge on any atom is 0.321 e. The second-order valence-corrected chi connectivity index (χ2v) is 2.75. The summed E-state index contributed by atoms with van der Waals surface area (Å²) in [6, 6.07) is -0.796. The summed E-state index contributed by atoms with van der Waals surface area (Å²) >= 11 is 0. The van der Waals surface area contributed by atoms with Gasteiger partial charge in [0, 0.05) is 6.54 Å². The van der Waals surface area contributed by atoms with Crippen LogP contribution in [0.15, 0.2) is 0 Å². The lowest BCUT2D eigenvalue weighted by Crippen LogP contribution is -2.42. The Morgan fingerprint density at radius 1 is 1.38 bits per heavy atom. The number of carbonyl (C=O) groups excluding carboxylic acids is 2. The van der Waals surface area contributed by atoms with Crippen molar-refractivity contribution in [3.8, 4) is 0 Å². The molecular formula is C8H16N2O3. The molecule has 0 spiro atoms. The van der Waals surface area contributed by atoms with Crippen LogP contribution in [0.1, 0.15) is 26.2 Å². The van der Waals surface area contributed by atoms with Gasteiger partial charge in [-0.1, -0.05) is 19.8 Å². The first-order valence-electron chi connectivity index (χ1n) is 4.34. The number of aliphatic hydroxyl groups excluding tert-OH is 1. The van der Waals surface area contributed by atoms with E-state index in [4.69, 9.17) is 10.8 Å². The number of amides is 3. The average Bonchev–Trinajstić information content (AvgIpc) is 2.11. The minimum Gasteiger partial charge on any atom is -0.387 e. The zero-order valence-corrected chi connectivity index (χ0v) is 7.82. The Bertz CT molecular complexity index is 182. The van der Waals surface area contributed by atoms with Crippen LogP contribution in [-0.2, 0) is 4.79 Å². The van der Waals surface area contributed by atoms with Crippen molar-refractivity contribution in [2.75, 3.05) is 13.2 Å². The number of primary amides is 1. The summed E-state index contributed by atoms with van der Waals surface area (Å²) in [6.45, 7) is 1.64. The first-order chi connectivity index (χ1) is 6.13. The molecule has 0 radical (unpaired) electrons. The zero-order valence-electron chi connectivity index (χ0n) is 7.82. The second-order valence-electron chi connectivity index (χ2n) is 2.75. The summed E-state index contributed by atoms with van der Waals surface area (Å²) in [6.07, 6.45) is 2.66. The minimum atomic E-state index is -0.796. The van der Waals surface area contributed by atoms with E-state index in [0.717, 1.165) is 24.2 Å². The summed E-state index contributed by atoms with van der Waals surface area (Å²) < 4.78 is 0. The number of rotatable bonds is 5. The Balaban J connectivity index is 3.95. The summed E-state index contributed by atoms with van der Waals surface area (Å²) in [5.41, 5.74) is 4.95. The molecule has 0 aliphatic heterocycles. The molecule has 5 heteroatoms. The van der Waals surface area contributed by atoms with Gasteiger partial charge in [-0.15, -0.1) is 0 Å². The van der Waals surface area contributed by atoms with E-state index >= 15 is 0 Å². The predicted octanol–water partition coefficient (Wildman–Crippen LogP) is 0.0762. The van der Waals surface area contributed by atoms with Crippen LogP contribution in [-0.4, -0.2) is 35.1 Å². The highest BCUT2D eigenvalue weighted by Gasteiger charge is 2.16. The van der Waals surface area contributed by atoms with Gasteiger partial charge in [0.25, 0.3) is 5.91 Å². The lowest BCUT2D eigenvalue weighted by molar-refractivity contribution is -0.131. The molecule has 3 amide bonds. The third kappa shape index (κ3) is 4.47. The van der Waals surface area contributed by atoms with Gasteiger partial charge in [0.1, 0.15) is 6.61 Å². The lowest BCUT2D eigenvalue weighted by atomic mass is 10.2. The number of carbonyl (C=O) groups is 2. The number of urea groups is 1. The molecule has 0 atom stereocenters. The molecule has 13 heavy (non-hydrogen) atoms. The lowest BCUT2D eigenvalue weighted by Gasteiger charge is -2.16. The molecule has 0 bridgehead atoms. The Labute approximate surface area is 77.5 Å². The van der Waals surface area contributed by atoms with Gasteiger partial charge in [-0.25, -0.2) is 4.79 Å². The van der Waals surface area contributed by atoms with Gasteiger partial charge in [0.2, 0.25) is 0 Å². The normalized spacial score (nSPS) is 9.69. The van der Waals surface area contributed by atoms with Gasteiger partial charge in [0.05, 0.1) is 0 Å². The maximum atomic E-state index is 10.9. The highest BCUT2D eigenvalue weighted by atomic mass is 16.3. The number of hydrogen-bond acceptors (Lipinski definition) is 3. The average molecular weight is 188 g/mol. The van der Waals surface area contributed by atoms with Gasteiger partial charge >= 0.3 is 6.03 Å². The molecule has 0 unspecified atom stereocenters. The summed E-state index contributed by atoms with van der Waals surface area (Å²) in [5, 5.41) is 8.51. The standard InChI is InChI=1S/C8H16N2O3/c1-2-3-4-5-10(8(9)13)7(12)6-11/h11H,2-6H2,1H3,(H2,9,13). The molecule has 0 saturated heterocycles. The maximum absolute atomic E-state index is 10.9. The van der Waals surface area contributed by atoms with Crippen molar-refractivity contribution in [1.29, 1.82) is 0 Å². The van der Waals surface area contributed by atoms with Crippen molar-refractivity contribution in [2.45, 2.75) is 26.2 Å². The number of nitrogens with zero attached hydrogens (tertiary/aromatic N) is 1. The first kappa shape index (κ1) is 11.9. The van der Waals surface area contributed by atoms with Crippen LogP contribution < -0.4 is 5.73 Å². The molecule has 0 fully saturated rings. The van der Waals surface area contributed by atoms with E-state index in [-0.39, 0.29) is 0 Å². The number of unbranched alkanes of at least 4 members (excludes halogenated alkanes) is 2. The van der Waals surface area contributed by atoms with Crippen molar-refractivity contribution in [3.63, 3.8) is 0 Å². The SMILES string of the molecule is CCCCCN(C(N)=O)C(=O)CO. The molecule has 0 aromatic heterocycles. The molecule has 5 nitrogen and oxygen atoms in total. The first-order valence-corrected chi connectivity index (χ1v) is 4.34. The minimum absolute atomic E-state index is 0.294. The Kier molecular flexibility index (Phi) is 5.88. The van der Waals surface area contributed by atoms with Crippen LogP contribution in [0.25, 0.3) is 0 Å². The van der Waals surface area contributed by atoms with E-state index in [1.807, 2.05) is 6.92 Å². The van der Waals surface area contributed by atoms with Gasteiger partial charge < -0.3 is 10.8 Å². The molecule has 0 aliphatic rings. The zero-order chi connectivity index (χ0) is 10.3. The number of aliphatic hydroxyl groups is 1. The van der Waals surface area contributed by atoms with Crippen LogP contribution in [0.5, 0.6) is 0 Å². The fourth-order valence-corrected chi connectivity index (χ4v) is 0.963. The fraction of sp³-hybridized carbons (Fsp3) is 0.750. The van der Waals surface area contributed by atoms with Gasteiger partial charge in [-0.2, -0.15) is 0 Å².